The van der Waals surface area contributed by atoms with Gasteiger partial charge in [0, 0.05) is 62.6 Å². The number of hydrogen-bond acceptors (Lipinski definition) is 8. The van der Waals surface area contributed by atoms with Crippen LogP contribution in [-0.2, 0) is 16.6 Å². The van der Waals surface area contributed by atoms with Crippen molar-refractivity contribution < 1.29 is 9.59 Å². The molecule has 2 amide bonds. The van der Waals surface area contributed by atoms with Crippen molar-refractivity contribution in [2.75, 3.05) is 29.9 Å². The minimum atomic E-state index is -0.298. The Morgan fingerprint density at radius 2 is 2.00 bits per heavy atom. The summed E-state index contributed by atoms with van der Waals surface area (Å²) in [4.78, 5) is 41.1. The fourth-order valence-corrected chi connectivity index (χ4v) is 6.04. The maximum atomic E-state index is 13.2. The molecule has 11 nitrogen and oxygen atoms in total. The van der Waals surface area contributed by atoms with Crippen molar-refractivity contribution in [2.45, 2.75) is 64.1 Å². The zero-order valence-electron chi connectivity index (χ0n) is 23.5. The zero-order chi connectivity index (χ0) is 28.4. The number of aromatic nitrogens is 4. The lowest BCUT2D eigenvalue weighted by atomic mass is 9.86. The Morgan fingerprint density at radius 1 is 1.18 bits per heavy atom. The van der Waals surface area contributed by atoms with Crippen molar-refractivity contribution in [3.05, 3.63) is 42.9 Å². The first-order chi connectivity index (χ1) is 19.3. The van der Waals surface area contributed by atoms with Crippen LogP contribution in [0.2, 0.25) is 0 Å². The summed E-state index contributed by atoms with van der Waals surface area (Å²) < 4.78 is 1.71. The quantitative estimate of drug-likeness (QED) is 0.551. The average molecular weight is 544 g/mol. The number of allylic oxidation sites excluding steroid dienone is 2. The number of nitrogens with zero attached hydrogens (tertiary/aromatic N) is 8. The van der Waals surface area contributed by atoms with E-state index in [1.54, 1.807) is 15.8 Å². The Balaban J connectivity index is 1.42. The van der Waals surface area contributed by atoms with Gasteiger partial charge < -0.3 is 20.0 Å². The fourth-order valence-electron chi connectivity index (χ4n) is 6.04. The second kappa shape index (κ2) is 11.5. The molecule has 4 atom stereocenters. The van der Waals surface area contributed by atoms with Gasteiger partial charge in [-0.15, -0.1) is 0 Å². The van der Waals surface area contributed by atoms with Gasteiger partial charge in [0.1, 0.15) is 11.9 Å². The number of nitrogens with one attached hydrogen (secondary N) is 1. The van der Waals surface area contributed by atoms with Crippen LogP contribution in [0, 0.1) is 17.2 Å². The first-order valence-corrected chi connectivity index (χ1v) is 14.0. The molecule has 0 spiro atoms. The number of aryl methyl sites for hydroxylation is 1. The Labute approximate surface area is 235 Å². The highest BCUT2D eigenvalue weighted by Gasteiger charge is 2.36. The number of piperazine rings is 1. The molecule has 3 aliphatic rings. The highest BCUT2D eigenvalue weighted by molar-refractivity contribution is 5.87. The van der Waals surface area contributed by atoms with Crippen LogP contribution >= 0.6 is 0 Å². The second-order valence-electron chi connectivity index (χ2n) is 11.0. The number of carbonyl (C=O) groups excluding carboxylic acids is 2. The third kappa shape index (κ3) is 5.43. The van der Waals surface area contributed by atoms with Gasteiger partial charge in [-0.25, -0.2) is 4.98 Å². The average Bonchev–Trinajstić information content (AvgIpc) is 3.62. The zero-order valence-corrected chi connectivity index (χ0v) is 23.5. The van der Waals surface area contributed by atoms with Crippen LogP contribution in [0.4, 0.5) is 17.5 Å². The molecule has 2 fully saturated rings. The predicted molar refractivity (Wildman–Crippen MR) is 152 cm³/mol. The van der Waals surface area contributed by atoms with Gasteiger partial charge in [0.2, 0.25) is 17.8 Å². The number of hydrogen-bond donors (Lipinski definition) is 1. The van der Waals surface area contributed by atoms with Gasteiger partial charge in [-0.1, -0.05) is 12.7 Å². The van der Waals surface area contributed by atoms with Crippen LogP contribution in [-0.4, -0.2) is 79.1 Å². The Morgan fingerprint density at radius 3 is 2.67 bits per heavy atom. The molecule has 2 saturated heterocycles. The molecule has 11 heteroatoms. The number of rotatable bonds is 6. The molecule has 2 aliphatic heterocycles. The lowest BCUT2D eigenvalue weighted by Crippen LogP contribution is -2.58. The highest BCUT2D eigenvalue weighted by Crippen LogP contribution is 2.37. The topological polar surface area (TPSA) is 123 Å². The number of anilines is 3. The first-order valence-electron chi connectivity index (χ1n) is 14.0. The molecule has 0 radical (unpaired) electrons. The summed E-state index contributed by atoms with van der Waals surface area (Å²) in [6.07, 6.45) is 12.7. The van der Waals surface area contributed by atoms with E-state index < -0.39 is 0 Å². The van der Waals surface area contributed by atoms with Crippen LogP contribution in [0.1, 0.15) is 51.5 Å². The van der Waals surface area contributed by atoms with Gasteiger partial charge in [0.15, 0.2) is 0 Å². The molecule has 0 aromatic carbocycles. The van der Waals surface area contributed by atoms with Crippen molar-refractivity contribution in [3.63, 3.8) is 0 Å². The van der Waals surface area contributed by atoms with Crippen LogP contribution < -0.4 is 10.2 Å². The molecule has 0 saturated carbocycles. The van der Waals surface area contributed by atoms with Gasteiger partial charge in [0.05, 0.1) is 18.0 Å². The van der Waals surface area contributed by atoms with E-state index in [-0.39, 0.29) is 35.9 Å². The van der Waals surface area contributed by atoms with Crippen molar-refractivity contribution >= 4 is 34.8 Å². The van der Waals surface area contributed by atoms with E-state index in [4.69, 9.17) is 4.98 Å². The SMILES string of the molecule is C=CC(=O)N1C[C@H](C)N(c2nc(Nc3cnn(C)c3)ncc2C2=CCC(C(=O)N3CCC[C@H]3C#N)CC2)C[C@H]1C. The summed E-state index contributed by atoms with van der Waals surface area (Å²) in [6, 6.07) is 1.99. The van der Waals surface area contributed by atoms with Crippen LogP contribution in [0.15, 0.2) is 37.3 Å². The maximum Gasteiger partial charge on any atom is 0.246 e. The minimum Gasteiger partial charge on any atom is -0.349 e. The monoisotopic (exact) mass is 543 g/mol. The molecule has 5 rings (SSSR count). The van der Waals surface area contributed by atoms with Crippen LogP contribution in [0.5, 0.6) is 0 Å². The molecule has 0 bridgehead atoms. The molecular formula is C29H37N9O2. The Hall–Kier alpha value is -4.20. The molecule has 2 aromatic rings. The Kier molecular flexibility index (Phi) is 7.87. The van der Waals surface area contributed by atoms with E-state index >= 15 is 0 Å². The van der Waals surface area contributed by atoms with Gasteiger partial charge in [-0.05, 0) is 57.6 Å². The first kappa shape index (κ1) is 27.4. The van der Waals surface area contributed by atoms with E-state index in [1.807, 2.05) is 31.3 Å². The van der Waals surface area contributed by atoms with Gasteiger partial charge in [0.25, 0.3) is 0 Å². The maximum absolute atomic E-state index is 13.2. The van der Waals surface area contributed by atoms with Crippen molar-refractivity contribution in [1.82, 2.24) is 29.5 Å². The van der Waals surface area contributed by atoms with Gasteiger partial charge >= 0.3 is 0 Å². The largest absolute Gasteiger partial charge is 0.349 e. The minimum absolute atomic E-state index is 0.0184. The van der Waals surface area contributed by atoms with Crippen molar-refractivity contribution in [3.8, 4) is 6.07 Å². The molecule has 4 heterocycles. The molecule has 2 aromatic heterocycles. The van der Waals surface area contributed by atoms with Crippen LogP contribution in [0.25, 0.3) is 5.57 Å². The Bertz CT molecular complexity index is 1360. The normalized spacial score (nSPS) is 24.9. The van der Waals surface area contributed by atoms with E-state index in [0.717, 1.165) is 48.3 Å². The summed E-state index contributed by atoms with van der Waals surface area (Å²) in [6.45, 7) is 9.65. The lowest BCUT2D eigenvalue weighted by Gasteiger charge is -2.45. The molecule has 1 aliphatic carbocycles. The van der Waals surface area contributed by atoms with Gasteiger partial charge in [-0.3, -0.25) is 14.3 Å². The van der Waals surface area contributed by atoms with Crippen molar-refractivity contribution in [1.29, 1.82) is 5.26 Å². The number of amides is 2. The highest BCUT2D eigenvalue weighted by atomic mass is 16.2. The third-order valence-electron chi connectivity index (χ3n) is 8.24. The van der Waals surface area contributed by atoms with E-state index in [9.17, 15) is 14.9 Å². The summed E-state index contributed by atoms with van der Waals surface area (Å²) in [5.41, 5.74) is 2.86. The van der Waals surface area contributed by atoms with Crippen molar-refractivity contribution in [2.24, 2.45) is 13.0 Å². The number of nitriles is 1. The lowest BCUT2D eigenvalue weighted by molar-refractivity contribution is -0.135. The molecule has 1 N–H and O–H groups in total. The van der Waals surface area contributed by atoms with Crippen LogP contribution in [0.3, 0.4) is 0 Å². The van der Waals surface area contributed by atoms with E-state index in [2.05, 4.69) is 45.9 Å². The molecular weight excluding hydrogens is 506 g/mol. The summed E-state index contributed by atoms with van der Waals surface area (Å²) in [5.74, 6) is 1.20. The smallest absolute Gasteiger partial charge is 0.246 e. The molecule has 210 valence electrons. The molecule has 40 heavy (non-hydrogen) atoms. The summed E-state index contributed by atoms with van der Waals surface area (Å²) in [7, 11) is 1.85. The fraction of sp³-hybridized carbons (Fsp3) is 0.517. The third-order valence-corrected chi connectivity index (χ3v) is 8.24. The van der Waals surface area contributed by atoms with E-state index in [0.29, 0.717) is 32.0 Å². The number of likely N-dealkylation sites (tertiary alicyclic amines) is 1. The second-order valence-corrected chi connectivity index (χ2v) is 11.0. The molecule has 1 unspecified atom stereocenters. The van der Waals surface area contributed by atoms with E-state index in [1.165, 1.54) is 6.08 Å². The predicted octanol–water partition coefficient (Wildman–Crippen LogP) is 3.26. The summed E-state index contributed by atoms with van der Waals surface area (Å²) >= 11 is 0. The summed E-state index contributed by atoms with van der Waals surface area (Å²) in [5, 5.41) is 16.9. The van der Waals surface area contributed by atoms with Gasteiger partial charge in [-0.2, -0.15) is 15.3 Å². The number of carbonyl (C=O) groups is 2. The standard InChI is InChI=1S/C29H37N9O2/c1-5-26(39)37-16-20(3)38(17-19(37)2)27-25(15-31-29(34-27)33-23-14-32-35(4)18-23)21-8-10-22(11-9-21)28(40)36-12-6-7-24(36)13-30/h5,8,14-15,18-20,22,24H,1,6-7,9-12,16-17H2,2-4H3,(H,31,33,34)/t19-,20+,22?,24+/m1/s1.